The number of H-pyrrole nitrogens is 1. The summed E-state index contributed by atoms with van der Waals surface area (Å²) in [6, 6.07) is 5.60. The fourth-order valence-corrected chi connectivity index (χ4v) is 3.28. The van der Waals surface area contributed by atoms with E-state index in [1.807, 2.05) is 6.92 Å². The SMILES string of the molecule is Cc1[nH]cnc1-c1cc(-c2cc(CC(=O)O)cs2)nc(N)c1C#N. The Morgan fingerprint density at radius 1 is 1.50 bits per heavy atom. The number of nitrogens with two attached hydrogens (primary N) is 1. The van der Waals surface area contributed by atoms with Crippen LogP contribution in [0.25, 0.3) is 21.8 Å². The number of nitrogens with zero attached hydrogens (tertiary/aromatic N) is 3. The van der Waals surface area contributed by atoms with E-state index in [0.717, 1.165) is 10.6 Å². The number of aromatic nitrogens is 3. The fourth-order valence-electron chi connectivity index (χ4n) is 2.40. The first-order valence-corrected chi connectivity index (χ1v) is 7.88. The van der Waals surface area contributed by atoms with E-state index in [1.54, 1.807) is 23.8 Å². The van der Waals surface area contributed by atoms with Crippen molar-refractivity contribution in [3.8, 4) is 27.9 Å². The van der Waals surface area contributed by atoms with Gasteiger partial charge >= 0.3 is 5.97 Å². The molecule has 0 bridgehead atoms. The van der Waals surface area contributed by atoms with Gasteiger partial charge in [0.05, 0.1) is 29.0 Å². The maximum absolute atomic E-state index is 10.8. The molecule has 0 aliphatic heterocycles. The van der Waals surface area contributed by atoms with Crippen LogP contribution in [-0.4, -0.2) is 26.0 Å². The molecule has 3 aromatic rings. The van der Waals surface area contributed by atoms with Crippen molar-refractivity contribution in [3.63, 3.8) is 0 Å². The lowest BCUT2D eigenvalue weighted by Crippen LogP contribution is -2.00. The zero-order chi connectivity index (χ0) is 17.3. The highest BCUT2D eigenvalue weighted by molar-refractivity contribution is 7.13. The van der Waals surface area contributed by atoms with Gasteiger partial charge in [0.25, 0.3) is 0 Å². The van der Waals surface area contributed by atoms with E-state index >= 15 is 0 Å². The Morgan fingerprint density at radius 2 is 2.29 bits per heavy atom. The van der Waals surface area contributed by atoms with E-state index in [2.05, 4.69) is 21.0 Å². The molecule has 0 atom stereocenters. The van der Waals surface area contributed by atoms with Gasteiger partial charge in [0.2, 0.25) is 0 Å². The van der Waals surface area contributed by atoms with Gasteiger partial charge in [0.15, 0.2) is 0 Å². The third-order valence-electron chi connectivity index (χ3n) is 3.51. The topological polar surface area (TPSA) is 129 Å². The van der Waals surface area contributed by atoms with Crippen LogP contribution in [0.15, 0.2) is 23.8 Å². The number of nitriles is 1. The molecular weight excluding hydrogens is 326 g/mol. The van der Waals surface area contributed by atoms with Crippen molar-refractivity contribution in [2.24, 2.45) is 0 Å². The van der Waals surface area contributed by atoms with Crippen LogP contribution in [0.4, 0.5) is 5.82 Å². The Kier molecular flexibility index (Phi) is 4.02. The lowest BCUT2D eigenvalue weighted by molar-refractivity contribution is -0.136. The second kappa shape index (κ2) is 6.14. The smallest absolute Gasteiger partial charge is 0.307 e. The van der Waals surface area contributed by atoms with Crippen molar-refractivity contribution >= 4 is 23.1 Å². The number of aromatic amines is 1. The highest BCUT2D eigenvalue weighted by atomic mass is 32.1. The minimum Gasteiger partial charge on any atom is -0.481 e. The van der Waals surface area contributed by atoms with Crippen molar-refractivity contribution in [1.29, 1.82) is 5.26 Å². The highest BCUT2D eigenvalue weighted by Gasteiger charge is 2.17. The van der Waals surface area contributed by atoms with E-state index in [9.17, 15) is 10.1 Å². The Bertz CT molecular complexity index is 967. The number of nitrogen functional groups attached to an aromatic ring is 1. The van der Waals surface area contributed by atoms with Crippen molar-refractivity contribution < 1.29 is 9.90 Å². The lowest BCUT2D eigenvalue weighted by atomic mass is 10.0. The summed E-state index contributed by atoms with van der Waals surface area (Å²) < 4.78 is 0. The summed E-state index contributed by atoms with van der Waals surface area (Å²) in [4.78, 5) is 23.1. The summed E-state index contributed by atoms with van der Waals surface area (Å²) in [6.07, 6.45) is 1.51. The molecular formula is C16H13N5O2S. The molecule has 0 aliphatic carbocycles. The van der Waals surface area contributed by atoms with Gasteiger partial charge in [-0.3, -0.25) is 4.79 Å². The molecule has 3 rings (SSSR count). The van der Waals surface area contributed by atoms with Crippen LogP contribution in [0.3, 0.4) is 0 Å². The van der Waals surface area contributed by atoms with Crippen molar-refractivity contribution in [3.05, 3.63) is 40.7 Å². The zero-order valence-corrected chi connectivity index (χ0v) is 13.5. The van der Waals surface area contributed by atoms with Gasteiger partial charge in [-0.05, 0) is 30.0 Å². The van der Waals surface area contributed by atoms with E-state index in [-0.39, 0.29) is 17.8 Å². The number of pyridine rings is 1. The number of aliphatic carboxylic acids is 1. The van der Waals surface area contributed by atoms with Crippen LogP contribution >= 0.6 is 11.3 Å². The fraction of sp³-hybridized carbons (Fsp3) is 0.125. The Balaban J connectivity index is 2.12. The third kappa shape index (κ3) is 2.85. The normalized spacial score (nSPS) is 10.5. The number of carbonyl (C=O) groups is 1. The number of imidazole rings is 1. The van der Waals surface area contributed by atoms with Gasteiger partial charge in [0.1, 0.15) is 17.5 Å². The van der Waals surface area contributed by atoms with Crippen molar-refractivity contribution in [2.75, 3.05) is 5.73 Å². The van der Waals surface area contributed by atoms with Crippen LogP contribution in [0.2, 0.25) is 0 Å². The molecule has 0 aliphatic rings. The number of rotatable bonds is 4. The van der Waals surface area contributed by atoms with Crippen LogP contribution in [0.1, 0.15) is 16.8 Å². The zero-order valence-electron chi connectivity index (χ0n) is 12.7. The van der Waals surface area contributed by atoms with Crippen LogP contribution in [-0.2, 0) is 11.2 Å². The van der Waals surface area contributed by atoms with Gasteiger partial charge in [-0.1, -0.05) is 0 Å². The Morgan fingerprint density at radius 3 is 2.92 bits per heavy atom. The second-order valence-electron chi connectivity index (χ2n) is 5.19. The lowest BCUT2D eigenvalue weighted by Gasteiger charge is -2.08. The highest BCUT2D eigenvalue weighted by Crippen LogP contribution is 2.33. The molecule has 0 fully saturated rings. The summed E-state index contributed by atoms with van der Waals surface area (Å²) in [5, 5.41) is 20.0. The minimum atomic E-state index is -0.889. The monoisotopic (exact) mass is 339 g/mol. The molecule has 0 aromatic carbocycles. The number of thiophene rings is 1. The maximum Gasteiger partial charge on any atom is 0.307 e. The number of hydrogen-bond donors (Lipinski definition) is 3. The second-order valence-corrected chi connectivity index (χ2v) is 6.10. The molecule has 8 heteroatoms. The van der Waals surface area contributed by atoms with Gasteiger partial charge in [-0.2, -0.15) is 5.26 Å². The number of carboxylic acids is 1. The quantitative estimate of drug-likeness (QED) is 0.670. The molecule has 120 valence electrons. The predicted molar refractivity (Wildman–Crippen MR) is 90.3 cm³/mol. The molecule has 0 amide bonds. The summed E-state index contributed by atoms with van der Waals surface area (Å²) in [7, 11) is 0. The average Bonchev–Trinajstić information content (AvgIpc) is 3.15. The van der Waals surface area contributed by atoms with Crippen LogP contribution < -0.4 is 5.73 Å². The molecule has 0 spiro atoms. The first-order chi connectivity index (χ1) is 11.5. The van der Waals surface area contributed by atoms with Gasteiger partial charge in [-0.25, -0.2) is 9.97 Å². The van der Waals surface area contributed by atoms with Crippen molar-refractivity contribution in [1.82, 2.24) is 15.0 Å². The number of hydrogen-bond acceptors (Lipinski definition) is 6. The Labute approximate surface area is 141 Å². The van der Waals surface area contributed by atoms with E-state index < -0.39 is 5.97 Å². The van der Waals surface area contributed by atoms with Gasteiger partial charge in [0, 0.05) is 11.3 Å². The summed E-state index contributed by atoms with van der Waals surface area (Å²) in [5.41, 5.74) is 9.58. The average molecular weight is 339 g/mol. The molecule has 0 radical (unpaired) electrons. The summed E-state index contributed by atoms with van der Waals surface area (Å²) in [5.74, 6) is -0.764. The van der Waals surface area contributed by atoms with Crippen molar-refractivity contribution in [2.45, 2.75) is 13.3 Å². The molecule has 7 nitrogen and oxygen atoms in total. The minimum absolute atomic E-state index is 0.0480. The molecule has 24 heavy (non-hydrogen) atoms. The molecule has 0 unspecified atom stereocenters. The molecule has 3 heterocycles. The number of carboxylic acid groups (broad SMARTS) is 1. The summed E-state index contributed by atoms with van der Waals surface area (Å²) >= 11 is 1.38. The number of nitrogens with one attached hydrogen (secondary N) is 1. The molecule has 3 aromatic heterocycles. The first kappa shape index (κ1) is 15.7. The Hall–Kier alpha value is -3.18. The molecule has 0 saturated heterocycles. The largest absolute Gasteiger partial charge is 0.481 e. The third-order valence-corrected chi connectivity index (χ3v) is 4.51. The predicted octanol–water partition coefficient (Wildman–Crippen LogP) is 2.59. The van der Waals surface area contributed by atoms with E-state index in [0.29, 0.717) is 22.5 Å². The van der Waals surface area contributed by atoms with Crippen LogP contribution in [0, 0.1) is 18.3 Å². The standard InChI is InChI=1S/C16H13N5O2S/c1-8-15(20-7-19-8)10-4-12(21-16(18)11(10)5-17)13-2-9(6-24-13)3-14(22)23/h2,4,6-7H,3H2,1H3,(H2,18,21)(H,19,20)(H,22,23). The van der Waals surface area contributed by atoms with Gasteiger partial charge < -0.3 is 15.8 Å². The number of anilines is 1. The first-order valence-electron chi connectivity index (χ1n) is 7.00. The number of aryl methyl sites for hydroxylation is 1. The maximum atomic E-state index is 10.8. The molecule has 0 saturated carbocycles. The van der Waals surface area contributed by atoms with E-state index in [1.165, 1.54) is 11.3 Å². The van der Waals surface area contributed by atoms with Crippen LogP contribution in [0.5, 0.6) is 0 Å². The van der Waals surface area contributed by atoms with Gasteiger partial charge in [-0.15, -0.1) is 11.3 Å². The van der Waals surface area contributed by atoms with E-state index in [4.69, 9.17) is 10.8 Å². The molecule has 4 N–H and O–H groups in total. The summed E-state index contributed by atoms with van der Waals surface area (Å²) in [6.45, 7) is 1.86.